The van der Waals surface area contributed by atoms with Crippen molar-refractivity contribution in [3.63, 3.8) is 0 Å². The summed E-state index contributed by atoms with van der Waals surface area (Å²) in [5, 5.41) is 21.4. The van der Waals surface area contributed by atoms with Gasteiger partial charge in [0.1, 0.15) is 12.1 Å². The largest absolute Gasteiger partial charge is 0.468 e. The van der Waals surface area contributed by atoms with Crippen LogP contribution in [0.2, 0.25) is 0 Å². The van der Waals surface area contributed by atoms with Gasteiger partial charge in [0.25, 0.3) is 0 Å². The van der Waals surface area contributed by atoms with E-state index in [1.54, 1.807) is 32.9 Å². The van der Waals surface area contributed by atoms with E-state index < -0.39 is 17.7 Å². The van der Waals surface area contributed by atoms with E-state index in [4.69, 9.17) is 14.7 Å². The van der Waals surface area contributed by atoms with Crippen LogP contribution in [0, 0.1) is 22.7 Å². The van der Waals surface area contributed by atoms with E-state index in [0.717, 1.165) is 40.7 Å². The number of esters is 2. The van der Waals surface area contributed by atoms with E-state index in [2.05, 4.69) is 22.2 Å². The van der Waals surface area contributed by atoms with Crippen LogP contribution >= 0.6 is 0 Å². The summed E-state index contributed by atoms with van der Waals surface area (Å²) in [6.07, 6.45) is 2.57. The molecule has 0 unspecified atom stereocenters. The lowest BCUT2D eigenvalue weighted by atomic mass is 10.0. The van der Waals surface area contributed by atoms with Gasteiger partial charge in [-0.1, -0.05) is 24.3 Å². The molecule has 0 aliphatic heterocycles. The third-order valence-electron chi connectivity index (χ3n) is 7.00. The number of carbonyl (C=O) groups is 3. The normalized spacial score (nSPS) is 16.6. The van der Waals surface area contributed by atoms with Crippen molar-refractivity contribution in [2.45, 2.75) is 64.1 Å². The highest BCUT2D eigenvalue weighted by molar-refractivity contribution is 5.79. The van der Waals surface area contributed by atoms with E-state index >= 15 is 0 Å². The molecule has 0 fully saturated rings. The Labute approximate surface area is 240 Å². The van der Waals surface area contributed by atoms with Crippen molar-refractivity contribution < 1.29 is 28.6 Å². The molecule has 4 rings (SSSR count). The van der Waals surface area contributed by atoms with Crippen LogP contribution in [-0.2, 0) is 36.6 Å². The van der Waals surface area contributed by atoms with Gasteiger partial charge in [0, 0.05) is 6.04 Å². The van der Waals surface area contributed by atoms with Gasteiger partial charge >= 0.3 is 18.0 Å². The Balaban J connectivity index is 0.000000239. The van der Waals surface area contributed by atoms with Gasteiger partial charge in [-0.25, -0.2) is 4.79 Å². The maximum absolute atomic E-state index is 12.6. The maximum atomic E-state index is 12.6. The lowest BCUT2D eigenvalue weighted by Crippen LogP contribution is -2.41. The number of benzene rings is 2. The van der Waals surface area contributed by atoms with E-state index in [0.29, 0.717) is 18.4 Å². The average Bonchev–Trinajstić information content (AvgIpc) is 3.58. The fraction of sp³-hybridized carbons (Fsp3) is 0.452. The summed E-state index contributed by atoms with van der Waals surface area (Å²) in [6.45, 7) is 5.34. The number of hydrogen-bond acceptors (Lipinski definition) is 9. The molecule has 10 nitrogen and oxygen atoms in total. The fourth-order valence-corrected chi connectivity index (χ4v) is 5.14. The minimum absolute atomic E-state index is 0.150. The standard InChI is InChI=1S/C18H22N2O4.C13H14N2O2/c1-18(2,3)24-17(22)20(11-16(21)23-4)15-9-8-13-12(10-19)6-5-7-14(13)15;1-17-13(16)8-15-12-6-5-10-9(7-14)3-2-4-11(10)12/h5-7,15H,8-9,11H2,1-4H3;2-4,12,15H,5-6,8H2,1H3/t15-;12-/m00/s1. The number of rotatable bonds is 6. The Hall–Kier alpha value is -4.41. The van der Waals surface area contributed by atoms with Crippen LogP contribution in [-0.4, -0.2) is 55.8 Å². The summed E-state index contributed by atoms with van der Waals surface area (Å²) >= 11 is 0. The summed E-state index contributed by atoms with van der Waals surface area (Å²) in [7, 11) is 2.66. The molecule has 2 atom stereocenters. The third kappa shape index (κ3) is 7.84. The van der Waals surface area contributed by atoms with E-state index in [1.165, 1.54) is 19.1 Å². The van der Waals surface area contributed by atoms with Gasteiger partial charge in [0.15, 0.2) is 0 Å². The monoisotopic (exact) mass is 560 g/mol. The molecule has 0 saturated carbocycles. The number of fused-ring (bicyclic) bond motifs is 2. The molecule has 0 aromatic heterocycles. The zero-order chi connectivity index (χ0) is 30.2. The van der Waals surface area contributed by atoms with Gasteiger partial charge in [-0.3, -0.25) is 14.5 Å². The summed E-state index contributed by atoms with van der Waals surface area (Å²) in [4.78, 5) is 36.8. The van der Waals surface area contributed by atoms with Crippen LogP contribution in [0.3, 0.4) is 0 Å². The number of carbonyl (C=O) groups excluding carboxylic acids is 3. The molecule has 0 spiro atoms. The molecule has 2 aromatic rings. The van der Waals surface area contributed by atoms with Crippen molar-refractivity contribution in [3.05, 3.63) is 69.8 Å². The zero-order valence-electron chi connectivity index (χ0n) is 24.2. The summed E-state index contributed by atoms with van der Waals surface area (Å²) in [6, 6.07) is 15.4. The second kappa shape index (κ2) is 13.8. The molecule has 0 radical (unpaired) electrons. The lowest BCUT2D eigenvalue weighted by molar-refractivity contribution is -0.142. The molecule has 10 heteroatoms. The molecule has 216 valence electrons. The first kappa shape index (κ1) is 31.1. The Morgan fingerprint density at radius 2 is 1.46 bits per heavy atom. The predicted octanol–water partition coefficient (Wildman–Crippen LogP) is 4.26. The first-order valence-electron chi connectivity index (χ1n) is 13.4. The first-order valence-corrected chi connectivity index (χ1v) is 13.4. The number of nitrogens with one attached hydrogen (secondary N) is 1. The Bertz CT molecular complexity index is 1370. The molecule has 0 heterocycles. The van der Waals surface area contributed by atoms with E-state index in [9.17, 15) is 19.6 Å². The number of hydrogen-bond donors (Lipinski definition) is 1. The molecule has 2 aromatic carbocycles. The van der Waals surface area contributed by atoms with Crippen LogP contribution in [0.25, 0.3) is 0 Å². The first-order chi connectivity index (χ1) is 19.5. The minimum Gasteiger partial charge on any atom is -0.468 e. The van der Waals surface area contributed by atoms with Gasteiger partial charge in [-0.2, -0.15) is 10.5 Å². The van der Waals surface area contributed by atoms with Crippen molar-refractivity contribution in [3.8, 4) is 12.1 Å². The van der Waals surface area contributed by atoms with E-state index in [1.807, 2.05) is 24.3 Å². The van der Waals surface area contributed by atoms with Gasteiger partial charge in [0.05, 0.1) is 50.1 Å². The zero-order valence-corrected chi connectivity index (χ0v) is 24.2. The van der Waals surface area contributed by atoms with Crippen LogP contribution < -0.4 is 5.32 Å². The van der Waals surface area contributed by atoms with Crippen LogP contribution in [0.1, 0.15) is 79.1 Å². The summed E-state index contributed by atoms with van der Waals surface area (Å²) in [5.74, 6) is -0.777. The third-order valence-corrected chi connectivity index (χ3v) is 7.00. The van der Waals surface area contributed by atoms with Gasteiger partial charge in [-0.05, 0) is 80.8 Å². The Morgan fingerprint density at radius 1 is 0.902 bits per heavy atom. The SMILES string of the molecule is COC(=O)CN(C(=O)OC(C)(C)C)[C@H]1CCc2c(C#N)cccc21.COC(=O)CN[C@H]1CCc2c(C#N)cccc21. The summed E-state index contributed by atoms with van der Waals surface area (Å²) < 4.78 is 14.7. The van der Waals surface area contributed by atoms with Crippen molar-refractivity contribution in [1.29, 1.82) is 10.5 Å². The lowest BCUT2D eigenvalue weighted by Gasteiger charge is -2.31. The van der Waals surface area contributed by atoms with Crippen LogP contribution in [0.5, 0.6) is 0 Å². The molecular formula is C31H36N4O6. The van der Waals surface area contributed by atoms with Crippen LogP contribution in [0.15, 0.2) is 36.4 Å². The van der Waals surface area contributed by atoms with Crippen molar-refractivity contribution in [2.75, 3.05) is 27.3 Å². The number of ether oxygens (including phenoxy) is 3. The second-order valence-corrected chi connectivity index (χ2v) is 10.8. The van der Waals surface area contributed by atoms with Crippen LogP contribution in [0.4, 0.5) is 4.79 Å². The molecule has 2 aliphatic rings. The smallest absolute Gasteiger partial charge is 0.411 e. The Morgan fingerprint density at radius 3 is 2.02 bits per heavy atom. The maximum Gasteiger partial charge on any atom is 0.411 e. The van der Waals surface area contributed by atoms with Crippen molar-refractivity contribution in [1.82, 2.24) is 10.2 Å². The highest BCUT2D eigenvalue weighted by atomic mass is 16.6. The number of nitriles is 2. The van der Waals surface area contributed by atoms with E-state index in [-0.39, 0.29) is 31.1 Å². The average molecular weight is 561 g/mol. The topological polar surface area (TPSA) is 142 Å². The molecule has 41 heavy (non-hydrogen) atoms. The molecule has 1 N–H and O–H groups in total. The van der Waals surface area contributed by atoms with Gasteiger partial charge < -0.3 is 19.5 Å². The second-order valence-electron chi connectivity index (χ2n) is 10.8. The fourth-order valence-electron chi connectivity index (χ4n) is 5.14. The van der Waals surface area contributed by atoms with Gasteiger partial charge in [0.2, 0.25) is 0 Å². The van der Waals surface area contributed by atoms with Gasteiger partial charge in [-0.15, -0.1) is 0 Å². The molecular weight excluding hydrogens is 524 g/mol. The number of amides is 1. The molecule has 2 aliphatic carbocycles. The molecule has 1 amide bonds. The quantitative estimate of drug-likeness (QED) is 0.405. The minimum atomic E-state index is -0.665. The molecule has 0 saturated heterocycles. The number of methoxy groups -OCH3 is 2. The van der Waals surface area contributed by atoms with Crippen molar-refractivity contribution in [2.24, 2.45) is 0 Å². The highest BCUT2D eigenvalue weighted by Crippen LogP contribution is 2.38. The Kier molecular flexibility index (Phi) is 10.5. The molecule has 0 bridgehead atoms. The summed E-state index contributed by atoms with van der Waals surface area (Å²) in [5.41, 5.74) is 4.75. The highest BCUT2D eigenvalue weighted by Gasteiger charge is 2.36. The number of nitrogens with zero attached hydrogens (tertiary/aromatic N) is 3. The predicted molar refractivity (Wildman–Crippen MR) is 149 cm³/mol. The van der Waals surface area contributed by atoms with Crippen molar-refractivity contribution >= 4 is 18.0 Å².